The normalized spacial score (nSPS) is 31.6. The zero-order valence-corrected chi connectivity index (χ0v) is 18.3. The van der Waals surface area contributed by atoms with Crippen LogP contribution in [-0.2, 0) is 17.8 Å². The Balaban J connectivity index is 2.87. The van der Waals surface area contributed by atoms with Crippen molar-refractivity contribution in [3.05, 3.63) is 0 Å². The van der Waals surface area contributed by atoms with Crippen molar-refractivity contribution in [2.24, 2.45) is 40.8 Å². The predicted octanol–water partition coefficient (Wildman–Crippen LogP) is -6.01. The van der Waals surface area contributed by atoms with Crippen molar-refractivity contribution in [1.29, 1.82) is 0 Å². The Kier molecular flexibility index (Phi) is 8.96. The van der Waals surface area contributed by atoms with Crippen molar-refractivity contribution in [3.8, 4) is 0 Å². The van der Waals surface area contributed by atoms with Crippen molar-refractivity contribution in [1.82, 2.24) is 10.6 Å². The van der Waals surface area contributed by atoms with E-state index in [0.29, 0.717) is 23.5 Å². The van der Waals surface area contributed by atoms with Crippen LogP contribution in [0.25, 0.3) is 0 Å². The molecule has 0 saturated carbocycles. The maximum absolute atomic E-state index is 6.33. The van der Waals surface area contributed by atoms with Crippen LogP contribution < -0.4 is 62.3 Å². The first-order valence-corrected chi connectivity index (χ1v) is 10.2. The number of alkyl halides is 1. The zero-order valence-electron chi connectivity index (χ0n) is 14.0. The minimum atomic E-state index is -1.19. The first-order valence-electron chi connectivity index (χ1n) is 7.14. The molecule has 1 aliphatic heterocycles. The average Bonchev–Trinajstić information content (AvgIpc) is 2.45. The van der Waals surface area contributed by atoms with Gasteiger partial charge in [0.05, 0.1) is 0 Å². The van der Waals surface area contributed by atoms with Crippen LogP contribution in [0.15, 0.2) is 0 Å². The molecule has 0 aromatic rings. The molecule has 0 aromatic carbocycles. The number of hydrogen-bond acceptors (Lipinski definition) is 13. The standard InChI is InChI=1S/C8H28I2N11O4/c1-3-4-6(10-21(16,17)25-18(12)13)22-20(15)7(11)5-8(20,2)23-19(14)24-9/h6-7H,3-5,11-17H2,1-2H3/q+1. The second kappa shape index (κ2) is 9.37. The number of rotatable bonds is 11. The number of halogens is 2. The van der Waals surface area contributed by atoms with Crippen LogP contribution in [0.2, 0.25) is 0 Å². The molecule has 0 amide bonds. The fraction of sp³-hybridized carbons (Fsp3) is 1.00. The Morgan fingerprint density at radius 3 is 2.44 bits per heavy atom. The van der Waals surface area contributed by atoms with Gasteiger partial charge in [0.25, 0.3) is 0 Å². The molecule has 1 fully saturated rings. The fourth-order valence-corrected chi connectivity index (χ4v) is 5.01. The molecule has 14 N–H and O–H groups in total. The molecule has 4 atom stereocenters. The van der Waals surface area contributed by atoms with Gasteiger partial charge >= 0.3 is 171 Å². The second-order valence-electron chi connectivity index (χ2n) is 5.57. The molecule has 0 bridgehead atoms. The Labute approximate surface area is 170 Å². The average molecular weight is 596 g/mol. The summed E-state index contributed by atoms with van der Waals surface area (Å²) < 4.78 is 2.88. The first kappa shape index (κ1) is 23.9. The van der Waals surface area contributed by atoms with Gasteiger partial charge in [-0.2, -0.15) is 0 Å². The van der Waals surface area contributed by atoms with E-state index in [0.717, 1.165) is 6.42 Å². The van der Waals surface area contributed by atoms with Gasteiger partial charge in [-0.15, -0.1) is 0 Å². The van der Waals surface area contributed by atoms with Gasteiger partial charge in [0.2, 0.25) is 0 Å². The summed E-state index contributed by atoms with van der Waals surface area (Å²) in [6, 6.07) is 0. The van der Waals surface area contributed by atoms with Crippen LogP contribution in [0, 0.1) is 0 Å². The van der Waals surface area contributed by atoms with Crippen LogP contribution in [-0.4, -0.2) is 34.5 Å². The molecule has 17 heteroatoms. The van der Waals surface area contributed by atoms with Gasteiger partial charge in [0, 0.05) is 0 Å². The van der Waals surface area contributed by atoms with E-state index in [2.05, 4.69) is 0 Å². The number of hydroxylamine groups is 2. The van der Waals surface area contributed by atoms with Crippen LogP contribution in [0.5, 0.6) is 0 Å². The van der Waals surface area contributed by atoms with E-state index in [4.69, 9.17) is 58.6 Å². The fourth-order valence-electron chi connectivity index (χ4n) is 2.27. The molecule has 1 rings (SSSR count). The molecule has 0 radical (unpaired) electrons. The van der Waals surface area contributed by atoms with Gasteiger partial charge < -0.3 is 0 Å². The van der Waals surface area contributed by atoms with Gasteiger partial charge in [-0.3, -0.25) is 0 Å². The molecular weight excluding hydrogens is 568 g/mol. The Hall–Kier alpha value is 0.860. The summed E-state index contributed by atoms with van der Waals surface area (Å²) in [4.78, 5) is 16.4. The van der Waals surface area contributed by atoms with E-state index in [-0.39, 0.29) is 0 Å². The summed E-state index contributed by atoms with van der Waals surface area (Å²) >= 11 is 0.370. The SMILES string of the molecule is CCCC(O[N+]1(N)C(N)CC1(C)ON(N)OI)[I-][N+](N)(N)ON(N)N. The third-order valence-electron chi connectivity index (χ3n) is 3.46. The number of nitrogens with zero attached hydrogens (tertiary/aromatic N) is 4. The van der Waals surface area contributed by atoms with Gasteiger partial charge in [-0.1, -0.05) is 0 Å². The monoisotopic (exact) mass is 596 g/mol. The van der Waals surface area contributed by atoms with E-state index in [1.807, 2.05) is 6.92 Å². The van der Waals surface area contributed by atoms with E-state index in [9.17, 15) is 0 Å². The zero-order chi connectivity index (χ0) is 19.5. The summed E-state index contributed by atoms with van der Waals surface area (Å²) in [5, 5.41) is 1.11. The van der Waals surface area contributed by atoms with Gasteiger partial charge in [0.1, 0.15) is 0 Å². The minimum absolute atomic E-state index is 0.384. The van der Waals surface area contributed by atoms with Crippen molar-refractivity contribution >= 4 is 23.0 Å². The molecule has 152 valence electrons. The third kappa shape index (κ3) is 6.18. The molecule has 1 saturated heterocycles. The van der Waals surface area contributed by atoms with E-state index in [1.165, 1.54) is 0 Å². The molecule has 0 aromatic heterocycles. The van der Waals surface area contributed by atoms with Crippen molar-refractivity contribution in [2.45, 2.75) is 49.1 Å². The Morgan fingerprint density at radius 2 is 2.00 bits per heavy atom. The predicted molar refractivity (Wildman–Crippen MR) is 87.4 cm³/mol. The third-order valence-corrected chi connectivity index (χ3v) is 6.37. The summed E-state index contributed by atoms with van der Waals surface area (Å²) in [6.07, 6.45) is 1.23. The quantitative estimate of drug-likeness (QED) is 0.0295. The van der Waals surface area contributed by atoms with Crippen molar-refractivity contribution in [3.63, 3.8) is 0 Å². The van der Waals surface area contributed by atoms with Crippen LogP contribution in [0.4, 0.5) is 0 Å². The molecule has 15 nitrogen and oxygen atoms in total. The van der Waals surface area contributed by atoms with Gasteiger partial charge in [-0.05, 0) is 0 Å². The molecule has 1 aliphatic rings. The summed E-state index contributed by atoms with van der Waals surface area (Å²) in [5.41, 5.74) is 4.98. The summed E-state index contributed by atoms with van der Waals surface area (Å²) in [7, 11) is 0. The van der Waals surface area contributed by atoms with E-state index < -0.39 is 45.3 Å². The summed E-state index contributed by atoms with van der Waals surface area (Å²) in [5.74, 6) is 33.9. The van der Waals surface area contributed by atoms with E-state index in [1.54, 1.807) is 29.9 Å². The van der Waals surface area contributed by atoms with Crippen LogP contribution in [0.1, 0.15) is 33.1 Å². The van der Waals surface area contributed by atoms with Crippen LogP contribution in [0.3, 0.4) is 0 Å². The Bertz CT molecular complexity index is 437. The number of hydrogen-bond donors (Lipinski definition) is 7. The van der Waals surface area contributed by atoms with Crippen molar-refractivity contribution < 1.29 is 47.1 Å². The molecule has 25 heavy (non-hydrogen) atoms. The molecular formula is C8H28I2N11O4+. The number of hydrazine groups is 3. The topological polar surface area (TPSA) is 226 Å². The number of nitrogens with two attached hydrogens (primary N) is 7. The van der Waals surface area contributed by atoms with Gasteiger partial charge in [0.15, 0.2) is 0 Å². The molecule has 0 aliphatic carbocycles. The summed E-state index contributed by atoms with van der Waals surface area (Å²) in [6.45, 7) is 3.66. The maximum atomic E-state index is 6.33. The molecule has 0 spiro atoms. The van der Waals surface area contributed by atoms with Crippen LogP contribution >= 0.6 is 23.0 Å². The number of quaternary nitrogens is 2. The van der Waals surface area contributed by atoms with Gasteiger partial charge in [-0.25, -0.2) is 0 Å². The second-order valence-corrected chi connectivity index (χ2v) is 9.42. The Morgan fingerprint density at radius 1 is 1.40 bits per heavy atom. The molecule has 1 heterocycles. The van der Waals surface area contributed by atoms with Crippen molar-refractivity contribution in [2.75, 3.05) is 0 Å². The molecule has 4 unspecified atom stereocenters. The first-order chi connectivity index (χ1) is 11.4. The van der Waals surface area contributed by atoms with E-state index >= 15 is 0 Å².